The molecule has 0 fully saturated rings. The van der Waals surface area contributed by atoms with E-state index in [9.17, 15) is 4.79 Å². The first-order valence-corrected chi connectivity index (χ1v) is 8.29. The van der Waals surface area contributed by atoms with Gasteiger partial charge < -0.3 is 20.1 Å². The number of hydrogen-bond donors (Lipinski definition) is 2. The third-order valence-corrected chi connectivity index (χ3v) is 3.76. The Morgan fingerprint density at radius 2 is 1.70 bits per heavy atom. The second kappa shape index (κ2) is 8.18. The zero-order valence-corrected chi connectivity index (χ0v) is 15.3. The monoisotopic (exact) mass is 364 g/mol. The standard InChI is InChI=1S/C20H20N4O3/c1-13-11-18(22-16-5-4-6-17(12-16)26-2)24-20(21-13)23-15-9-7-14(8-10-15)19(25)27-3/h4-12H,1-3H3,(H2,21,22,23,24). The third kappa shape index (κ3) is 4.72. The molecule has 27 heavy (non-hydrogen) atoms. The van der Waals surface area contributed by atoms with Crippen molar-refractivity contribution in [2.24, 2.45) is 0 Å². The highest BCUT2D eigenvalue weighted by Gasteiger charge is 2.07. The Kier molecular flexibility index (Phi) is 5.51. The number of methoxy groups -OCH3 is 2. The van der Waals surface area contributed by atoms with Crippen LogP contribution in [0, 0.1) is 6.92 Å². The van der Waals surface area contributed by atoms with E-state index in [1.54, 1.807) is 31.4 Å². The summed E-state index contributed by atoms with van der Waals surface area (Å²) in [6.07, 6.45) is 0. The van der Waals surface area contributed by atoms with Gasteiger partial charge in [0.15, 0.2) is 0 Å². The van der Waals surface area contributed by atoms with Crippen molar-refractivity contribution in [3.63, 3.8) is 0 Å². The maximum Gasteiger partial charge on any atom is 0.337 e. The first kappa shape index (κ1) is 18.2. The van der Waals surface area contributed by atoms with Gasteiger partial charge in [0, 0.05) is 29.2 Å². The summed E-state index contributed by atoms with van der Waals surface area (Å²) in [6, 6.07) is 16.3. The van der Waals surface area contributed by atoms with Crippen molar-refractivity contribution < 1.29 is 14.3 Å². The van der Waals surface area contributed by atoms with Gasteiger partial charge in [-0.3, -0.25) is 0 Å². The molecule has 7 nitrogen and oxygen atoms in total. The average Bonchev–Trinajstić information content (AvgIpc) is 2.67. The summed E-state index contributed by atoms with van der Waals surface area (Å²) in [5.41, 5.74) is 2.92. The summed E-state index contributed by atoms with van der Waals surface area (Å²) >= 11 is 0. The molecular weight excluding hydrogens is 344 g/mol. The number of carbonyl (C=O) groups excluding carboxylic acids is 1. The highest BCUT2D eigenvalue weighted by molar-refractivity contribution is 5.89. The lowest BCUT2D eigenvalue weighted by Crippen LogP contribution is -2.03. The molecule has 0 aliphatic rings. The van der Waals surface area contributed by atoms with E-state index in [4.69, 9.17) is 9.47 Å². The van der Waals surface area contributed by atoms with Crippen LogP contribution in [0.25, 0.3) is 0 Å². The van der Waals surface area contributed by atoms with Crippen LogP contribution in [0.5, 0.6) is 5.75 Å². The molecule has 3 aromatic rings. The van der Waals surface area contributed by atoms with Crippen LogP contribution in [0.1, 0.15) is 16.1 Å². The van der Waals surface area contributed by atoms with Crippen molar-refractivity contribution in [1.29, 1.82) is 0 Å². The number of nitrogens with one attached hydrogen (secondary N) is 2. The van der Waals surface area contributed by atoms with Gasteiger partial charge in [0.25, 0.3) is 0 Å². The molecule has 0 saturated heterocycles. The smallest absolute Gasteiger partial charge is 0.337 e. The molecule has 0 spiro atoms. The third-order valence-electron chi connectivity index (χ3n) is 3.76. The lowest BCUT2D eigenvalue weighted by atomic mass is 10.2. The van der Waals surface area contributed by atoms with Gasteiger partial charge in [-0.15, -0.1) is 0 Å². The first-order chi connectivity index (χ1) is 13.1. The fourth-order valence-electron chi connectivity index (χ4n) is 2.47. The number of aryl methyl sites for hydroxylation is 1. The van der Waals surface area contributed by atoms with E-state index in [1.165, 1.54) is 7.11 Å². The van der Waals surface area contributed by atoms with Crippen molar-refractivity contribution in [2.45, 2.75) is 6.92 Å². The minimum absolute atomic E-state index is 0.377. The Morgan fingerprint density at radius 1 is 0.926 bits per heavy atom. The summed E-state index contributed by atoms with van der Waals surface area (Å²) in [5.74, 6) is 1.49. The molecule has 0 saturated carbocycles. The van der Waals surface area contributed by atoms with E-state index in [-0.39, 0.29) is 5.97 Å². The number of nitrogens with zero attached hydrogens (tertiary/aromatic N) is 2. The molecule has 3 rings (SSSR count). The molecule has 0 atom stereocenters. The molecule has 7 heteroatoms. The van der Waals surface area contributed by atoms with Gasteiger partial charge in [-0.25, -0.2) is 9.78 Å². The van der Waals surface area contributed by atoms with Gasteiger partial charge in [0.1, 0.15) is 11.6 Å². The molecule has 0 unspecified atom stereocenters. The number of hydrogen-bond acceptors (Lipinski definition) is 7. The van der Waals surface area contributed by atoms with Crippen LogP contribution in [-0.4, -0.2) is 30.2 Å². The van der Waals surface area contributed by atoms with Crippen LogP contribution in [0.3, 0.4) is 0 Å². The molecule has 1 heterocycles. The van der Waals surface area contributed by atoms with Crippen molar-refractivity contribution in [2.75, 3.05) is 24.9 Å². The van der Waals surface area contributed by atoms with Crippen LogP contribution in [0.4, 0.5) is 23.1 Å². The van der Waals surface area contributed by atoms with E-state index >= 15 is 0 Å². The fourth-order valence-corrected chi connectivity index (χ4v) is 2.47. The van der Waals surface area contributed by atoms with E-state index in [2.05, 4.69) is 20.6 Å². The van der Waals surface area contributed by atoms with E-state index < -0.39 is 0 Å². The second-order valence-corrected chi connectivity index (χ2v) is 5.77. The number of carbonyl (C=O) groups is 1. The van der Waals surface area contributed by atoms with E-state index in [1.807, 2.05) is 37.3 Å². The zero-order chi connectivity index (χ0) is 19.2. The minimum atomic E-state index is -0.377. The van der Waals surface area contributed by atoms with Crippen LogP contribution >= 0.6 is 0 Å². The van der Waals surface area contributed by atoms with Crippen molar-refractivity contribution >= 4 is 29.1 Å². The summed E-state index contributed by atoms with van der Waals surface area (Å²) in [6.45, 7) is 1.89. The molecule has 2 aromatic carbocycles. The van der Waals surface area contributed by atoms with Crippen LogP contribution < -0.4 is 15.4 Å². The quantitative estimate of drug-likeness (QED) is 0.638. The number of benzene rings is 2. The molecule has 0 bridgehead atoms. The molecule has 0 aliphatic carbocycles. The minimum Gasteiger partial charge on any atom is -0.497 e. The van der Waals surface area contributed by atoms with Crippen molar-refractivity contribution in [3.8, 4) is 5.75 Å². The Labute approximate surface area is 157 Å². The number of esters is 1. The summed E-state index contributed by atoms with van der Waals surface area (Å²) in [7, 11) is 2.98. The van der Waals surface area contributed by atoms with Gasteiger partial charge in [0.05, 0.1) is 19.8 Å². The number of aromatic nitrogens is 2. The van der Waals surface area contributed by atoms with E-state index in [0.717, 1.165) is 22.8 Å². The highest BCUT2D eigenvalue weighted by atomic mass is 16.5. The number of ether oxygens (including phenoxy) is 2. The first-order valence-electron chi connectivity index (χ1n) is 8.29. The lowest BCUT2D eigenvalue weighted by Gasteiger charge is -2.11. The second-order valence-electron chi connectivity index (χ2n) is 5.77. The zero-order valence-electron chi connectivity index (χ0n) is 15.3. The summed E-state index contributed by atoms with van der Waals surface area (Å²) < 4.78 is 9.93. The largest absolute Gasteiger partial charge is 0.497 e. The predicted molar refractivity (Wildman–Crippen MR) is 104 cm³/mol. The van der Waals surface area contributed by atoms with Gasteiger partial charge in [-0.1, -0.05) is 6.07 Å². The molecular formula is C20H20N4O3. The average molecular weight is 364 g/mol. The molecule has 1 aromatic heterocycles. The highest BCUT2D eigenvalue weighted by Crippen LogP contribution is 2.22. The van der Waals surface area contributed by atoms with Gasteiger partial charge in [-0.05, 0) is 43.3 Å². The Morgan fingerprint density at radius 3 is 2.41 bits per heavy atom. The number of rotatable bonds is 6. The van der Waals surface area contributed by atoms with Gasteiger partial charge in [-0.2, -0.15) is 4.98 Å². The topological polar surface area (TPSA) is 85.4 Å². The molecule has 138 valence electrons. The Balaban J connectivity index is 1.77. The summed E-state index contributed by atoms with van der Waals surface area (Å²) in [5, 5.41) is 6.38. The summed E-state index contributed by atoms with van der Waals surface area (Å²) in [4.78, 5) is 20.4. The SMILES string of the molecule is COC(=O)c1ccc(Nc2nc(C)cc(Nc3cccc(OC)c3)n2)cc1. The van der Waals surface area contributed by atoms with Crippen molar-refractivity contribution in [3.05, 3.63) is 65.9 Å². The normalized spacial score (nSPS) is 10.2. The molecule has 0 aliphatic heterocycles. The maximum atomic E-state index is 11.5. The maximum absolute atomic E-state index is 11.5. The Hall–Kier alpha value is -3.61. The van der Waals surface area contributed by atoms with Crippen LogP contribution in [0.15, 0.2) is 54.6 Å². The van der Waals surface area contributed by atoms with Crippen LogP contribution in [0.2, 0.25) is 0 Å². The lowest BCUT2D eigenvalue weighted by molar-refractivity contribution is 0.0601. The molecule has 0 radical (unpaired) electrons. The fraction of sp³-hybridized carbons (Fsp3) is 0.150. The molecule has 0 amide bonds. The number of anilines is 4. The predicted octanol–water partition coefficient (Wildman–Crippen LogP) is 4.07. The van der Waals surface area contributed by atoms with Gasteiger partial charge in [0.2, 0.25) is 5.95 Å². The van der Waals surface area contributed by atoms with Crippen LogP contribution in [-0.2, 0) is 4.74 Å². The van der Waals surface area contributed by atoms with E-state index in [0.29, 0.717) is 17.3 Å². The Bertz CT molecular complexity index is 942. The molecule has 2 N–H and O–H groups in total. The van der Waals surface area contributed by atoms with Crippen molar-refractivity contribution in [1.82, 2.24) is 9.97 Å². The van der Waals surface area contributed by atoms with Gasteiger partial charge >= 0.3 is 5.97 Å².